The third-order valence-corrected chi connectivity index (χ3v) is 6.95. The Bertz CT molecular complexity index is 1460. The zero-order chi connectivity index (χ0) is 26.6. The Hall–Kier alpha value is -4.55. The number of hydrogen-bond donors (Lipinski definition) is 4. The lowest BCUT2D eigenvalue weighted by atomic mass is 9.97. The van der Waals surface area contributed by atoms with Crippen LogP contribution in [0.1, 0.15) is 47.0 Å². The highest BCUT2D eigenvalue weighted by Crippen LogP contribution is 2.24. The summed E-state index contributed by atoms with van der Waals surface area (Å²) in [6, 6.07) is 13.1. The second-order valence-electron chi connectivity index (χ2n) is 7.50. The van der Waals surface area contributed by atoms with Gasteiger partial charge in [-0.2, -0.15) is 5.26 Å². The average molecular weight is 512 g/mol. The molecule has 0 aromatic heterocycles. The number of anilines is 1. The molecule has 2 amide bonds. The summed E-state index contributed by atoms with van der Waals surface area (Å²) in [4.78, 5) is 52.4. The number of hydrogen-bond acceptors (Lipinski definition) is 8. The van der Waals surface area contributed by atoms with Gasteiger partial charge in [0, 0.05) is 12.7 Å². The van der Waals surface area contributed by atoms with Crippen molar-refractivity contribution in [3.05, 3.63) is 88.5 Å². The molecule has 0 radical (unpaired) electrons. The van der Waals surface area contributed by atoms with Gasteiger partial charge in [-0.05, 0) is 55.5 Å². The van der Waals surface area contributed by atoms with Gasteiger partial charge in [0.15, 0.2) is 0 Å². The number of carboxylic acids is 1. The molecule has 0 saturated heterocycles. The number of aryl methyl sites for hydroxylation is 1. The highest BCUT2D eigenvalue weighted by molar-refractivity contribution is 7.91. The summed E-state index contributed by atoms with van der Waals surface area (Å²) in [5, 5.41) is 22.9. The van der Waals surface area contributed by atoms with Gasteiger partial charge in [0.05, 0.1) is 32.0 Å². The van der Waals surface area contributed by atoms with E-state index < -0.39 is 55.8 Å². The lowest BCUT2D eigenvalue weighted by Gasteiger charge is -2.13. The molecular weight excluding hydrogens is 492 g/mol. The zero-order valence-corrected chi connectivity index (χ0v) is 19.8. The minimum Gasteiger partial charge on any atom is -0.478 e. The predicted molar refractivity (Wildman–Crippen MR) is 126 cm³/mol. The van der Waals surface area contributed by atoms with Crippen molar-refractivity contribution in [2.45, 2.75) is 16.7 Å². The Labute approximate surface area is 205 Å². The number of nitrogens with one attached hydrogen (secondary N) is 2. The molecule has 0 saturated carbocycles. The van der Waals surface area contributed by atoms with Crippen LogP contribution in [0, 0.1) is 6.92 Å². The van der Waals surface area contributed by atoms with E-state index in [2.05, 4.69) is 15.5 Å². The Morgan fingerprint density at radius 2 is 1.28 bits per heavy atom. The molecule has 0 aliphatic rings. The predicted octanol–water partition coefficient (Wildman–Crippen LogP) is 2.77. The number of carbonyl (C=O) groups is 4. The fraction of sp³-hybridized carbons (Fsp3) is 0.0833. The van der Waals surface area contributed by atoms with Gasteiger partial charge < -0.3 is 15.7 Å². The van der Waals surface area contributed by atoms with Gasteiger partial charge in [0.1, 0.15) is 0 Å². The summed E-state index contributed by atoms with van der Waals surface area (Å²) >= 11 is 0. The van der Waals surface area contributed by atoms with Crippen molar-refractivity contribution in [3.8, 4) is 0 Å². The number of rotatable bonds is 7. The molecule has 12 heteroatoms. The first-order chi connectivity index (χ1) is 17.0. The third-order valence-electron chi connectivity index (χ3n) is 5.16. The minimum absolute atomic E-state index is 0.0238. The van der Waals surface area contributed by atoms with Crippen LogP contribution in [-0.2, 0) is 14.7 Å². The van der Waals surface area contributed by atoms with Gasteiger partial charge in [-0.3, -0.25) is 14.5 Å². The lowest BCUT2D eigenvalue weighted by Crippen LogP contribution is -2.25. The molecule has 0 heterocycles. The van der Waals surface area contributed by atoms with E-state index in [1.54, 1.807) is 12.1 Å². The van der Waals surface area contributed by atoms with E-state index in [9.17, 15) is 32.7 Å². The van der Waals surface area contributed by atoms with Crippen molar-refractivity contribution < 1.29 is 42.8 Å². The SMILES string of the molecule is CNC(=O)c1cc(C(=O)Nc2ccc(S(=O)(=O)c3ccc(C)cc3)cc2)c(C(=O)O)cc1C(=O)OO. The number of carbonyl (C=O) groups excluding carboxylic acids is 3. The summed E-state index contributed by atoms with van der Waals surface area (Å²) in [7, 11) is -2.56. The van der Waals surface area contributed by atoms with Crippen LogP contribution in [0.2, 0.25) is 0 Å². The molecule has 0 aliphatic carbocycles. The van der Waals surface area contributed by atoms with E-state index >= 15 is 0 Å². The number of sulfone groups is 1. The van der Waals surface area contributed by atoms with Crippen LogP contribution in [0.15, 0.2) is 70.5 Å². The quantitative estimate of drug-likeness (QED) is 0.274. The topological polar surface area (TPSA) is 176 Å². The molecule has 3 aromatic rings. The Morgan fingerprint density at radius 3 is 1.78 bits per heavy atom. The van der Waals surface area contributed by atoms with Crippen LogP contribution in [0.4, 0.5) is 5.69 Å². The van der Waals surface area contributed by atoms with Crippen molar-refractivity contribution in [1.82, 2.24) is 5.32 Å². The third kappa shape index (κ3) is 5.24. The van der Waals surface area contributed by atoms with Crippen molar-refractivity contribution in [1.29, 1.82) is 0 Å². The molecule has 0 aliphatic heterocycles. The van der Waals surface area contributed by atoms with Crippen molar-refractivity contribution in [3.63, 3.8) is 0 Å². The van der Waals surface area contributed by atoms with Crippen LogP contribution >= 0.6 is 0 Å². The van der Waals surface area contributed by atoms with Crippen LogP contribution in [0.3, 0.4) is 0 Å². The molecular formula is C24H20N2O9S. The maximum absolute atomic E-state index is 12.9. The summed E-state index contributed by atoms with van der Waals surface area (Å²) in [5.41, 5.74) is -1.05. The van der Waals surface area contributed by atoms with E-state index in [1.165, 1.54) is 43.4 Å². The van der Waals surface area contributed by atoms with Gasteiger partial charge in [0.25, 0.3) is 11.8 Å². The molecule has 0 spiro atoms. The first kappa shape index (κ1) is 26.1. The van der Waals surface area contributed by atoms with Crippen LogP contribution < -0.4 is 10.6 Å². The number of aromatic carboxylic acids is 1. The van der Waals surface area contributed by atoms with Gasteiger partial charge in [-0.1, -0.05) is 17.7 Å². The van der Waals surface area contributed by atoms with E-state index in [0.29, 0.717) is 0 Å². The standard InChI is InChI=1S/C24H20N2O9S/c1-13-3-7-15(8-4-13)36(33,34)16-9-5-14(6-10-16)26-22(28)17-11-18(21(27)25-2)20(24(31)35-32)12-19(17)23(29)30/h3-12,32H,1-2H3,(H,25,27)(H,26,28)(H,29,30). The molecule has 186 valence electrons. The molecule has 0 atom stereocenters. The van der Waals surface area contributed by atoms with E-state index in [-0.39, 0.29) is 15.5 Å². The van der Waals surface area contributed by atoms with E-state index in [0.717, 1.165) is 17.7 Å². The molecule has 3 rings (SSSR count). The molecule has 0 fully saturated rings. The maximum atomic E-state index is 12.9. The fourth-order valence-electron chi connectivity index (χ4n) is 3.27. The van der Waals surface area contributed by atoms with Gasteiger partial charge in [0.2, 0.25) is 9.84 Å². The Morgan fingerprint density at radius 1 is 0.778 bits per heavy atom. The van der Waals surface area contributed by atoms with Crippen LogP contribution in [-0.4, -0.2) is 49.6 Å². The monoisotopic (exact) mass is 512 g/mol. The maximum Gasteiger partial charge on any atom is 0.373 e. The smallest absolute Gasteiger partial charge is 0.373 e. The summed E-state index contributed by atoms with van der Waals surface area (Å²) in [5.74, 6) is -4.77. The molecule has 0 bridgehead atoms. The minimum atomic E-state index is -3.80. The van der Waals surface area contributed by atoms with Gasteiger partial charge in [-0.15, -0.1) is 0 Å². The zero-order valence-electron chi connectivity index (χ0n) is 18.9. The number of amides is 2. The second kappa shape index (κ2) is 10.4. The molecule has 0 unspecified atom stereocenters. The van der Waals surface area contributed by atoms with Crippen LogP contribution in [0.5, 0.6) is 0 Å². The molecule has 36 heavy (non-hydrogen) atoms. The summed E-state index contributed by atoms with van der Waals surface area (Å²) < 4.78 is 25.6. The molecule has 4 N–H and O–H groups in total. The lowest BCUT2D eigenvalue weighted by molar-refractivity contribution is -0.182. The summed E-state index contributed by atoms with van der Waals surface area (Å²) in [6.07, 6.45) is 0. The molecule has 3 aromatic carbocycles. The summed E-state index contributed by atoms with van der Waals surface area (Å²) in [6.45, 7) is 1.83. The van der Waals surface area contributed by atoms with E-state index in [4.69, 9.17) is 5.26 Å². The highest BCUT2D eigenvalue weighted by Gasteiger charge is 2.26. The number of benzene rings is 3. The largest absolute Gasteiger partial charge is 0.478 e. The van der Waals surface area contributed by atoms with Gasteiger partial charge in [-0.25, -0.2) is 18.0 Å². The number of carboxylic acid groups (broad SMARTS) is 1. The van der Waals surface area contributed by atoms with E-state index in [1.807, 2.05) is 6.92 Å². The normalized spacial score (nSPS) is 10.9. The first-order valence-electron chi connectivity index (χ1n) is 10.2. The van der Waals surface area contributed by atoms with Crippen molar-refractivity contribution in [2.75, 3.05) is 12.4 Å². The van der Waals surface area contributed by atoms with Crippen molar-refractivity contribution in [2.24, 2.45) is 0 Å². The van der Waals surface area contributed by atoms with Crippen molar-refractivity contribution >= 4 is 39.3 Å². The average Bonchev–Trinajstić information content (AvgIpc) is 2.87. The highest BCUT2D eigenvalue weighted by atomic mass is 32.2. The second-order valence-corrected chi connectivity index (χ2v) is 9.45. The van der Waals surface area contributed by atoms with Crippen LogP contribution in [0.25, 0.3) is 0 Å². The Balaban J connectivity index is 1.96. The molecule has 11 nitrogen and oxygen atoms in total. The first-order valence-corrected chi connectivity index (χ1v) is 11.7. The Kier molecular flexibility index (Phi) is 7.51. The fourth-order valence-corrected chi connectivity index (χ4v) is 4.54. The van der Waals surface area contributed by atoms with Gasteiger partial charge >= 0.3 is 11.9 Å².